The van der Waals surface area contributed by atoms with Crippen molar-refractivity contribution < 1.29 is 0 Å². The molecular formula is C15H16BrN3. The molecule has 4 heteroatoms. The van der Waals surface area contributed by atoms with E-state index in [1.807, 2.05) is 10.9 Å². The maximum Gasteiger partial charge on any atom is 0.0821 e. The second-order valence-corrected chi connectivity index (χ2v) is 5.94. The molecule has 3 rings (SSSR count). The van der Waals surface area contributed by atoms with Gasteiger partial charge >= 0.3 is 0 Å². The number of benzene rings is 1. The summed E-state index contributed by atoms with van der Waals surface area (Å²) in [5.74, 6) is 0. The van der Waals surface area contributed by atoms with Crippen molar-refractivity contribution in [2.24, 2.45) is 0 Å². The fourth-order valence-electron chi connectivity index (χ4n) is 2.23. The second kappa shape index (κ2) is 4.85. The van der Waals surface area contributed by atoms with Gasteiger partial charge in [-0.3, -0.25) is 4.68 Å². The third-order valence-corrected chi connectivity index (χ3v) is 3.75. The number of fused-ring (bicyclic) bond motifs is 1. The van der Waals surface area contributed by atoms with Crippen LogP contribution in [0.5, 0.6) is 0 Å². The molecule has 0 fully saturated rings. The fourth-order valence-corrected chi connectivity index (χ4v) is 2.61. The van der Waals surface area contributed by atoms with Crippen molar-refractivity contribution in [3.8, 4) is 0 Å². The summed E-state index contributed by atoms with van der Waals surface area (Å²) in [7, 11) is 0. The molecule has 0 saturated carbocycles. The number of rotatable bonds is 3. The maximum absolute atomic E-state index is 4.60. The van der Waals surface area contributed by atoms with Gasteiger partial charge in [-0.2, -0.15) is 5.10 Å². The molecular weight excluding hydrogens is 302 g/mol. The average molecular weight is 318 g/mol. The van der Waals surface area contributed by atoms with Gasteiger partial charge in [-0.05, 0) is 44.2 Å². The molecule has 0 radical (unpaired) electrons. The molecule has 19 heavy (non-hydrogen) atoms. The Morgan fingerprint density at radius 3 is 2.74 bits per heavy atom. The number of hydrogen-bond acceptors (Lipinski definition) is 1. The molecule has 1 aromatic carbocycles. The number of hydrogen-bond donors (Lipinski definition) is 0. The maximum atomic E-state index is 4.60. The molecule has 0 N–H and O–H groups in total. The van der Waals surface area contributed by atoms with Gasteiger partial charge in [0.1, 0.15) is 0 Å². The van der Waals surface area contributed by atoms with E-state index in [9.17, 15) is 0 Å². The summed E-state index contributed by atoms with van der Waals surface area (Å²) in [4.78, 5) is 0. The molecule has 2 aromatic heterocycles. The zero-order valence-corrected chi connectivity index (χ0v) is 12.6. The third-order valence-electron chi connectivity index (χ3n) is 3.26. The van der Waals surface area contributed by atoms with Gasteiger partial charge in [0.15, 0.2) is 0 Å². The predicted molar refractivity (Wildman–Crippen MR) is 81.4 cm³/mol. The van der Waals surface area contributed by atoms with Gasteiger partial charge in [-0.1, -0.05) is 15.9 Å². The van der Waals surface area contributed by atoms with E-state index in [0.717, 1.165) is 16.7 Å². The number of aromatic nitrogens is 3. The van der Waals surface area contributed by atoms with Crippen LogP contribution in [-0.4, -0.2) is 14.3 Å². The highest BCUT2D eigenvalue weighted by Gasteiger charge is 2.05. The normalized spacial score (nSPS) is 11.6. The minimum atomic E-state index is 0.408. The van der Waals surface area contributed by atoms with Gasteiger partial charge in [0.05, 0.1) is 12.2 Å². The van der Waals surface area contributed by atoms with Crippen LogP contribution in [0.15, 0.2) is 47.2 Å². The molecule has 2 heterocycles. The van der Waals surface area contributed by atoms with E-state index in [0.29, 0.717) is 6.04 Å². The van der Waals surface area contributed by atoms with Crippen LogP contribution >= 0.6 is 15.9 Å². The van der Waals surface area contributed by atoms with E-state index in [1.54, 1.807) is 0 Å². The minimum Gasteiger partial charge on any atom is -0.341 e. The Bertz CT molecular complexity index is 709. The molecule has 0 spiro atoms. The third kappa shape index (κ3) is 2.45. The van der Waals surface area contributed by atoms with Crippen LogP contribution in [0, 0.1) is 0 Å². The highest BCUT2D eigenvalue weighted by Crippen LogP contribution is 2.21. The first kappa shape index (κ1) is 12.5. The van der Waals surface area contributed by atoms with Crippen molar-refractivity contribution in [1.29, 1.82) is 0 Å². The quantitative estimate of drug-likeness (QED) is 0.708. The van der Waals surface area contributed by atoms with Crippen molar-refractivity contribution in [2.45, 2.75) is 26.4 Å². The molecule has 0 bridgehead atoms. The number of halogens is 1. The molecule has 98 valence electrons. The van der Waals surface area contributed by atoms with Crippen molar-refractivity contribution in [1.82, 2.24) is 14.3 Å². The zero-order valence-electron chi connectivity index (χ0n) is 11.0. The lowest BCUT2D eigenvalue weighted by atomic mass is 10.2. The molecule has 0 saturated heterocycles. The summed E-state index contributed by atoms with van der Waals surface area (Å²) < 4.78 is 5.34. The first-order chi connectivity index (χ1) is 9.13. The number of nitrogens with zero attached hydrogens (tertiary/aromatic N) is 3. The van der Waals surface area contributed by atoms with Gasteiger partial charge < -0.3 is 4.57 Å². The smallest absolute Gasteiger partial charge is 0.0821 e. The molecule has 0 amide bonds. The molecule has 3 aromatic rings. The van der Waals surface area contributed by atoms with E-state index < -0.39 is 0 Å². The molecule has 0 aliphatic carbocycles. The Hall–Kier alpha value is -1.55. The molecule has 0 aliphatic heterocycles. The molecule has 0 unspecified atom stereocenters. The van der Waals surface area contributed by atoms with Gasteiger partial charge in [0, 0.05) is 33.8 Å². The monoisotopic (exact) mass is 317 g/mol. The second-order valence-electron chi connectivity index (χ2n) is 5.03. The van der Waals surface area contributed by atoms with Gasteiger partial charge in [0.2, 0.25) is 0 Å². The summed E-state index contributed by atoms with van der Waals surface area (Å²) in [5, 5.41) is 5.84. The van der Waals surface area contributed by atoms with Crippen molar-refractivity contribution in [3.63, 3.8) is 0 Å². The highest BCUT2D eigenvalue weighted by atomic mass is 79.9. The SMILES string of the molecule is CC(C)n1ccc(Cn2ccc3cc(Br)ccc32)n1. The highest BCUT2D eigenvalue weighted by molar-refractivity contribution is 9.10. The van der Waals surface area contributed by atoms with Crippen LogP contribution in [0.4, 0.5) is 0 Å². The van der Waals surface area contributed by atoms with E-state index in [2.05, 4.69) is 76.0 Å². The Labute approximate surface area is 121 Å². The molecule has 0 aliphatic rings. The van der Waals surface area contributed by atoms with Crippen LogP contribution < -0.4 is 0 Å². The van der Waals surface area contributed by atoms with Crippen molar-refractivity contribution in [3.05, 3.63) is 52.9 Å². The van der Waals surface area contributed by atoms with E-state index in [-0.39, 0.29) is 0 Å². The van der Waals surface area contributed by atoms with Gasteiger partial charge in [-0.25, -0.2) is 0 Å². The topological polar surface area (TPSA) is 22.8 Å². The van der Waals surface area contributed by atoms with Crippen LogP contribution in [0.2, 0.25) is 0 Å². The Morgan fingerprint density at radius 1 is 1.16 bits per heavy atom. The minimum absolute atomic E-state index is 0.408. The van der Waals surface area contributed by atoms with E-state index in [4.69, 9.17) is 0 Å². The lowest BCUT2D eigenvalue weighted by Crippen LogP contribution is -2.04. The van der Waals surface area contributed by atoms with Crippen molar-refractivity contribution in [2.75, 3.05) is 0 Å². The predicted octanol–water partition coefficient (Wildman–Crippen LogP) is 4.23. The lowest BCUT2D eigenvalue weighted by Gasteiger charge is -2.05. The van der Waals surface area contributed by atoms with Crippen LogP contribution in [0.25, 0.3) is 10.9 Å². The standard InChI is InChI=1S/C15H16BrN3/c1-11(2)19-8-6-14(17-19)10-18-7-5-12-9-13(16)3-4-15(12)18/h3-9,11H,10H2,1-2H3. The summed E-state index contributed by atoms with van der Waals surface area (Å²) in [6.07, 6.45) is 4.16. The van der Waals surface area contributed by atoms with Crippen LogP contribution in [0.3, 0.4) is 0 Å². The van der Waals surface area contributed by atoms with Crippen LogP contribution in [-0.2, 0) is 6.54 Å². The Balaban J connectivity index is 1.92. The van der Waals surface area contributed by atoms with E-state index in [1.165, 1.54) is 10.9 Å². The first-order valence-corrected chi connectivity index (χ1v) is 7.21. The summed E-state index contributed by atoms with van der Waals surface area (Å²) in [5.41, 5.74) is 2.33. The summed E-state index contributed by atoms with van der Waals surface area (Å²) in [6, 6.07) is 11.0. The zero-order chi connectivity index (χ0) is 13.4. The largest absolute Gasteiger partial charge is 0.341 e. The van der Waals surface area contributed by atoms with Gasteiger partial charge in [-0.15, -0.1) is 0 Å². The average Bonchev–Trinajstić information content (AvgIpc) is 2.97. The van der Waals surface area contributed by atoms with Gasteiger partial charge in [0.25, 0.3) is 0 Å². The van der Waals surface area contributed by atoms with Crippen LogP contribution in [0.1, 0.15) is 25.6 Å². The summed E-state index contributed by atoms with van der Waals surface area (Å²) >= 11 is 3.50. The fraction of sp³-hybridized carbons (Fsp3) is 0.267. The Morgan fingerprint density at radius 2 is 2.00 bits per heavy atom. The molecule has 3 nitrogen and oxygen atoms in total. The lowest BCUT2D eigenvalue weighted by molar-refractivity contribution is 0.524. The Kier molecular flexibility index (Phi) is 3.19. The summed E-state index contributed by atoms with van der Waals surface area (Å²) in [6.45, 7) is 5.09. The van der Waals surface area contributed by atoms with E-state index >= 15 is 0 Å². The van der Waals surface area contributed by atoms with Crippen molar-refractivity contribution >= 4 is 26.8 Å². The first-order valence-electron chi connectivity index (χ1n) is 6.42. The molecule has 0 atom stereocenters.